The van der Waals surface area contributed by atoms with Gasteiger partial charge in [0.2, 0.25) is 5.96 Å². The summed E-state index contributed by atoms with van der Waals surface area (Å²) in [6.07, 6.45) is 0. The van der Waals surface area contributed by atoms with E-state index >= 15 is 0 Å². The van der Waals surface area contributed by atoms with E-state index in [2.05, 4.69) is 222 Å². The lowest BCUT2D eigenvalue weighted by Crippen LogP contribution is -2.36. The van der Waals surface area contributed by atoms with Gasteiger partial charge in [0.15, 0.2) is 5.82 Å². The Hall–Kier alpha value is -8.23. The largest absolute Gasteiger partial charge is 0.344 e. The summed E-state index contributed by atoms with van der Waals surface area (Å²) in [7, 11) is 0. The monoisotopic (exact) mass is 891 g/mol. The predicted octanol–water partition coefficient (Wildman–Crippen LogP) is 16.2. The molecule has 0 bridgehead atoms. The minimum atomic E-state index is -0.0432. The van der Waals surface area contributed by atoms with Gasteiger partial charge in [-0.1, -0.05) is 158 Å². The normalized spacial score (nSPS) is 13.7. The average molecular weight is 892 g/mol. The maximum Gasteiger partial charge on any atom is 0.209 e. The zero-order valence-corrected chi connectivity index (χ0v) is 37.5. The van der Waals surface area contributed by atoms with Crippen LogP contribution in [0.15, 0.2) is 217 Å². The lowest BCUT2D eigenvalue weighted by Gasteiger charge is -2.28. The first-order chi connectivity index (χ1) is 33.2. The zero-order chi connectivity index (χ0) is 44.0. The quantitative estimate of drug-likeness (QED) is 0.187. The predicted molar refractivity (Wildman–Crippen MR) is 283 cm³/mol. The summed E-state index contributed by atoms with van der Waals surface area (Å²) >= 11 is 3.59. The van der Waals surface area contributed by atoms with Gasteiger partial charge in [0.05, 0.1) is 38.7 Å². The Kier molecular flexibility index (Phi) is 8.62. The number of hydrogen-bond donors (Lipinski definition) is 1. The Morgan fingerprint density at radius 3 is 2.03 bits per heavy atom. The number of rotatable bonds is 5. The standard InChI is InChI=1S/C60H37N5S2/c1-4-15-37(16-5-1)53-35-49-58(67-53)57(39-19-8-3-9-20-39)63-59(61-49)42-27-31-52-46(33-42)44-28-24-41(34-54(44)66-52)40-26-29-50-47(32-40)55-43-21-11-10-14-36(43)25-30-51(55)65(50)60-62-48-23-13-12-22-45(48)56(64-60)38-17-6-2-7-18-38/h1-35,56H,(H,62,64). The van der Waals surface area contributed by atoms with Gasteiger partial charge in [-0.3, -0.25) is 4.57 Å². The molecule has 14 rings (SSSR count). The van der Waals surface area contributed by atoms with Gasteiger partial charge >= 0.3 is 0 Å². The molecule has 1 atom stereocenters. The lowest BCUT2D eigenvalue weighted by atomic mass is 9.96. The number of nitrogens with one attached hydrogen (secondary N) is 1. The molecule has 0 aliphatic carbocycles. The zero-order valence-electron chi connectivity index (χ0n) is 35.9. The molecule has 1 N–H and O–H groups in total. The second-order valence-electron chi connectivity index (χ2n) is 17.2. The number of fused-ring (bicyclic) bond motifs is 10. The Morgan fingerprint density at radius 2 is 1.16 bits per heavy atom. The third-order valence-electron chi connectivity index (χ3n) is 13.3. The maximum atomic E-state index is 5.31. The highest BCUT2D eigenvalue weighted by Gasteiger charge is 2.27. The minimum absolute atomic E-state index is 0.0432. The maximum absolute atomic E-state index is 5.31. The van der Waals surface area contributed by atoms with E-state index in [1.807, 2.05) is 11.3 Å². The van der Waals surface area contributed by atoms with E-state index in [4.69, 9.17) is 15.0 Å². The summed E-state index contributed by atoms with van der Waals surface area (Å²) in [5.74, 6) is 1.55. The lowest BCUT2D eigenvalue weighted by molar-refractivity contribution is 0.731. The summed E-state index contributed by atoms with van der Waals surface area (Å²) in [4.78, 5) is 17.0. The molecule has 5 nitrogen and oxygen atoms in total. The van der Waals surface area contributed by atoms with E-state index in [-0.39, 0.29) is 6.04 Å². The highest BCUT2D eigenvalue weighted by Crippen LogP contribution is 2.44. The summed E-state index contributed by atoms with van der Waals surface area (Å²) in [6.45, 7) is 0. The molecular weight excluding hydrogens is 855 g/mol. The van der Waals surface area contributed by atoms with Gasteiger partial charge in [0.1, 0.15) is 0 Å². The number of para-hydroxylation sites is 1. The van der Waals surface area contributed by atoms with E-state index in [1.54, 1.807) is 11.3 Å². The average Bonchev–Trinajstić information content (AvgIpc) is 4.10. The van der Waals surface area contributed by atoms with Crippen molar-refractivity contribution in [1.82, 2.24) is 19.9 Å². The van der Waals surface area contributed by atoms with Crippen molar-refractivity contribution in [2.24, 2.45) is 4.99 Å². The molecule has 67 heavy (non-hydrogen) atoms. The second-order valence-corrected chi connectivity index (χ2v) is 19.3. The molecule has 7 heteroatoms. The number of aromatic nitrogens is 3. The Labute approximate surface area is 393 Å². The molecule has 0 amide bonds. The Bertz CT molecular complexity index is 4130. The molecule has 5 heterocycles. The molecule has 13 aromatic rings. The van der Waals surface area contributed by atoms with Crippen LogP contribution in [0.5, 0.6) is 0 Å². The third-order valence-corrected chi connectivity index (χ3v) is 15.6. The molecule has 0 spiro atoms. The van der Waals surface area contributed by atoms with Gasteiger partial charge in [0.25, 0.3) is 0 Å². The summed E-state index contributed by atoms with van der Waals surface area (Å²) < 4.78 is 5.91. The van der Waals surface area contributed by atoms with Gasteiger partial charge in [0, 0.05) is 52.5 Å². The van der Waals surface area contributed by atoms with Crippen molar-refractivity contribution >= 4 is 97.3 Å². The van der Waals surface area contributed by atoms with Crippen LogP contribution in [0.25, 0.3) is 107 Å². The van der Waals surface area contributed by atoms with Crippen molar-refractivity contribution in [3.8, 4) is 44.2 Å². The minimum Gasteiger partial charge on any atom is -0.344 e. The van der Waals surface area contributed by atoms with Crippen molar-refractivity contribution in [2.75, 3.05) is 0 Å². The fraction of sp³-hybridized carbons (Fsp3) is 0.0167. The summed E-state index contributed by atoms with van der Waals surface area (Å²) in [5, 5.41) is 11.2. The van der Waals surface area contributed by atoms with Crippen molar-refractivity contribution in [1.29, 1.82) is 0 Å². The first-order valence-corrected chi connectivity index (χ1v) is 24.2. The first-order valence-electron chi connectivity index (χ1n) is 22.5. The van der Waals surface area contributed by atoms with Gasteiger partial charge in [-0.05, 0) is 87.6 Å². The number of nitrogens with zero attached hydrogens (tertiary/aromatic N) is 4. The summed E-state index contributed by atoms with van der Waals surface area (Å²) in [6, 6.07) is 76.1. The molecule has 0 saturated carbocycles. The van der Waals surface area contributed by atoms with Crippen LogP contribution in [-0.4, -0.2) is 20.5 Å². The molecule has 314 valence electrons. The van der Waals surface area contributed by atoms with Crippen LogP contribution < -0.4 is 5.32 Å². The van der Waals surface area contributed by atoms with Crippen LogP contribution in [0.1, 0.15) is 17.2 Å². The van der Waals surface area contributed by atoms with Crippen LogP contribution in [0.4, 0.5) is 5.69 Å². The fourth-order valence-electron chi connectivity index (χ4n) is 10.1. The molecule has 0 radical (unpaired) electrons. The van der Waals surface area contributed by atoms with Crippen LogP contribution in [0, 0.1) is 0 Å². The van der Waals surface area contributed by atoms with Crippen molar-refractivity contribution in [3.63, 3.8) is 0 Å². The fourth-order valence-corrected chi connectivity index (χ4v) is 12.3. The van der Waals surface area contributed by atoms with E-state index in [0.717, 1.165) is 55.5 Å². The third kappa shape index (κ3) is 6.23. The van der Waals surface area contributed by atoms with Crippen molar-refractivity contribution in [2.45, 2.75) is 6.04 Å². The van der Waals surface area contributed by atoms with Crippen LogP contribution in [-0.2, 0) is 0 Å². The smallest absolute Gasteiger partial charge is 0.209 e. The van der Waals surface area contributed by atoms with E-state index in [0.29, 0.717) is 0 Å². The number of hydrogen-bond acceptors (Lipinski definition) is 6. The molecule has 0 saturated heterocycles. The molecule has 1 unspecified atom stereocenters. The number of aliphatic imine (C=N–C) groups is 1. The van der Waals surface area contributed by atoms with Gasteiger partial charge in [-0.25, -0.2) is 15.0 Å². The summed E-state index contributed by atoms with van der Waals surface area (Å²) in [5.41, 5.74) is 13.1. The highest BCUT2D eigenvalue weighted by molar-refractivity contribution is 7.25. The first kappa shape index (κ1) is 38.1. The van der Waals surface area contributed by atoms with Crippen molar-refractivity contribution in [3.05, 3.63) is 223 Å². The van der Waals surface area contributed by atoms with E-state index in [1.165, 1.54) is 74.4 Å². The molecule has 1 aliphatic rings. The molecule has 4 aromatic heterocycles. The van der Waals surface area contributed by atoms with Crippen LogP contribution in [0.2, 0.25) is 0 Å². The molecule has 0 fully saturated rings. The number of thiophene rings is 2. The van der Waals surface area contributed by atoms with Crippen LogP contribution >= 0.6 is 22.7 Å². The van der Waals surface area contributed by atoms with Crippen LogP contribution in [0.3, 0.4) is 0 Å². The molecule has 1 aliphatic heterocycles. The molecular formula is C60H37N5S2. The van der Waals surface area contributed by atoms with Crippen molar-refractivity contribution < 1.29 is 0 Å². The van der Waals surface area contributed by atoms with Gasteiger partial charge < -0.3 is 5.32 Å². The van der Waals surface area contributed by atoms with E-state index < -0.39 is 0 Å². The van der Waals surface area contributed by atoms with E-state index in [9.17, 15) is 0 Å². The SMILES string of the molecule is c1ccc(-c2cc3nc(-c4ccc5sc6cc(-c7ccc8c(c7)c7c9ccccc9ccc7n8C7=Nc8ccccc8C(c8ccccc8)N7)ccc6c5c4)nc(-c4ccccc4)c3s2)cc1. The Balaban J connectivity index is 0.886. The van der Waals surface area contributed by atoms with Gasteiger partial charge in [-0.2, -0.15) is 0 Å². The topological polar surface area (TPSA) is 55.1 Å². The Morgan fingerprint density at radius 1 is 0.463 bits per heavy atom. The second kappa shape index (κ2) is 15.2. The molecule has 9 aromatic carbocycles. The highest BCUT2D eigenvalue weighted by atomic mass is 32.1. The number of benzene rings is 9. The van der Waals surface area contributed by atoms with Gasteiger partial charge in [-0.15, -0.1) is 22.7 Å².